The molecule has 5 nitrogen and oxygen atoms in total. The Morgan fingerprint density at radius 3 is 2.86 bits per heavy atom. The number of halogens is 1. The molecule has 0 bridgehead atoms. The van der Waals surface area contributed by atoms with E-state index in [0.29, 0.717) is 10.9 Å². The first-order valence-electron chi connectivity index (χ1n) is 7.48. The molecule has 3 heterocycles. The average molecular weight is 319 g/mol. The lowest BCUT2D eigenvalue weighted by atomic mass is 9.98. The summed E-state index contributed by atoms with van der Waals surface area (Å²) in [4.78, 5) is 14.6. The molecule has 0 saturated carbocycles. The van der Waals surface area contributed by atoms with Crippen LogP contribution in [0.2, 0.25) is 5.02 Å². The minimum Gasteiger partial charge on any atom is -0.493 e. The molecule has 0 unspecified atom stereocenters. The summed E-state index contributed by atoms with van der Waals surface area (Å²) in [6.45, 7) is 4.60. The van der Waals surface area contributed by atoms with Crippen LogP contribution in [0.1, 0.15) is 18.5 Å². The van der Waals surface area contributed by atoms with Gasteiger partial charge < -0.3 is 9.64 Å². The summed E-state index contributed by atoms with van der Waals surface area (Å²) in [7, 11) is 0. The molecule has 2 aromatic rings. The molecule has 3 rings (SSSR count). The molecular formula is C16H19ClN4O. The maximum Gasteiger partial charge on any atom is 0.150 e. The van der Waals surface area contributed by atoms with E-state index in [2.05, 4.69) is 19.9 Å². The number of anilines is 1. The summed E-state index contributed by atoms with van der Waals surface area (Å²) in [5.74, 6) is 2.29. The van der Waals surface area contributed by atoms with Gasteiger partial charge in [0.2, 0.25) is 0 Å². The number of rotatable bonds is 4. The van der Waals surface area contributed by atoms with Crippen LogP contribution < -0.4 is 9.64 Å². The fourth-order valence-electron chi connectivity index (χ4n) is 2.67. The van der Waals surface area contributed by atoms with Crippen molar-refractivity contribution in [2.24, 2.45) is 5.92 Å². The van der Waals surface area contributed by atoms with Gasteiger partial charge in [0.1, 0.15) is 17.1 Å². The van der Waals surface area contributed by atoms with Gasteiger partial charge in [-0.2, -0.15) is 0 Å². The summed E-state index contributed by atoms with van der Waals surface area (Å²) in [5.41, 5.74) is 0.978. The molecule has 1 fully saturated rings. The van der Waals surface area contributed by atoms with Crippen molar-refractivity contribution in [2.75, 3.05) is 24.6 Å². The normalized spacial score (nSPS) is 15.8. The van der Waals surface area contributed by atoms with Crippen molar-refractivity contribution in [3.8, 4) is 5.75 Å². The van der Waals surface area contributed by atoms with E-state index in [9.17, 15) is 0 Å². The minimum absolute atomic E-state index is 0.560. The molecular weight excluding hydrogens is 300 g/mol. The van der Waals surface area contributed by atoms with Gasteiger partial charge in [0.05, 0.1) is 12.8 Å². The number of piperidine rings is 1. The van der Waals surface area contributed by atoms with Crippen molar-refractivity contribution in [2.45, 2.75) is 19.8 Å². The third-order valence-corrected chi connectivity index (χ3v) is 4.18. The first-order chi connectivity index (χ1) is 10.7. The van der Waals surface area contributed by atoms with E-state index in [4.69, 9.17) is 16.3 Å². The van der Waals surface area contributed by atoms with Gasteiger partial charge in [0.15, 0.2) is 5.82 Å². The van der Waals surface area contributed by atoms with Crippen LogP contribution in [0.5, 0.6) is 5.75 Å². The summed E-state index contributed by atoms with van der Waals surface area (Å²) < 4.78 is 5.88. The quantitative estimate of drug-likeness (QED) is 0.867. The number of nitrogens with zero attached hydrogens (tertiary/aromatic N) is 4. The summed E-state index contributed by atoms with van der Waals surface area (Å²) >= 11 is 6.15. The lowest BCUT2D eigenvalue weighted by Crippen LogP contribution is -2.36. The fourth-order valence-corrected chi connectivity index (χ4v) is 2.90. The van der Waals surface area contributed by atoms with Crippen molar-refractivity contribution >= 4 is 17.4 Å². The Morgan fingerprint density at radius 2 is 2.14 bits per heavy atom. The van der Waals surface area contributed by atoms with Crippen molar-refractivity contribution in [3.05, 3.63) is 41.6 Å². The predicted octanol–water partition coefficient (Wildman–Crippen LogP) is 3.13. The minimum atomic E-state index is 0.560. The van der Waals surface area contributed by atoms with Gasteiger partial charge >= 0.3 is 0 Å². The Hall–Kier alpha value is -1.88. The van der Waals surface area contributed by atoms with Gasteiger partial charge in [-0.15, -0.1) is 0 Å². The maximum atomic E-state index is 6.15. The van der Waals surface area contributed by atoms with Gasteiger partial charge in [0, 0.05) is 31.0 Å². The van der Waals surface area contributed by atoms with Gasteiger partial charge in [0.25, 0.3) is 0 Å². The second-order valence-corrected chi connectivity index (χ2v) is 5.98. The van der Waals surface area contributed by atoms with E-state index >= 15 is 0 Å². The first-order valence-corrected chi connectivity index (χ1v) is 7.86. The molecule has 0 atom stereocenters. The number of aromatic nitrogens is 3. The Balaban J connectivity index is 1.51. The highest BCUT2D eigenvalue weighted by Crippen LogP contribution is 2.27. The SMILES string of the molecule is Cc1cc(OCC2CCN(c3ncncc3Cl)CC2)ccn1. The molecule has 0 radical (unpaired) electrons. The molecule has 1 saturated heterocycles. The van der Waals surface area contributed by atoms with Crippen LogP contribution in [-0.2, 0) is 0 Å². The highest BCUT2D eigenvalue weighted by atomic mass is 35.5. The number of hydrogen-bond donors (Lipinski definition) is 0. The Labute approximate surface area is 135 Å². The van der Waals surface area contributed by atoms with Crippen LogP contribution in [0.25, 0.3) is 0 Å². The van der Waals surface area contributed by atoms with Crippen molar-refractivity contribution in [1.82, 2.24) is 15.0 Å². The zero-order chi connectivity index (χ0) is 15.4. The lowest BCUT2D eigenvalue weighted by molar-refractivity contribution is 0.222. The molecule has 1 aliphatic rings. The number of aryl methyl sites for hydroxylation is 1. The average Bonchev–Trinajstić information content (AvgIpc) is 2.54. The summed E-state index contributed by atoms with van der Waals surface area (Å²) in [6.07, 6.45) is 7.12. The monoisotopic (exact) mass is 318 g/mol. The van der Waals surface area contributed by atoms with Crippen LogP contribution in [0.3, 0.4) is 0 Å². The molecule has 0 aromatic carbocycles. The van der Waals surface area contributed by atoms with Crippen molar-refractivity contribution in [1.29, 1.82) is 0 Å². The molecule has 1 aliphatic heterocycles. The van der Waals surface area contributed by atoms with Gasteiger partial charge in [-0.3, -0.25) is 4.98 Å². The fraction of sp³-hybridized carbons (Fsp3) is 0.438. The molecule has 2 aromatic heterocycles. The molecule has 0 N–H and O–H groups in total. The van der Waals surface area contributed by atoms with E-state index in [1.807, 2.05) is 19.1 Å². The van der Waals surface area contributed by atoms with Crippen LogP contribution in [0.4, 0.5) is 5.82 Å². The maximum absolute atomic E-state index is 6.15. The molecule has 6 heteroatoms. The summed E-state index contributed by atoms with van der Waals surface area (Å²) in [5, 5.41) is 0.615. The third-order valence-electron chi connectivity index (χ3n) is 3.92. The van der Waals surface area contributed by atoms with E-state index < -0.39 is 0 Å². The predicted molar refractivity (Wildman–Crippen MR) is 86.4 cm³/mol. The molecule has 116 valence electrons. The highest BCUT2D eigenvalue weighted by molar-refractivity contribution is 6.32. The van der Waals surface area contributed by atoms with Gasteiger partial charge in [-0.05, 0) is 31.7 Å². The van der Waals surface area contributed by atoms with Gasteiger partial charge in [-0.25, -0.2) is 9.97 Å². The van der Waals surface area contributed by atoms with Crippen molar-refractivity contribution in [3.63, 3.8) is 0 Å². The number of ether oxygens (including phenoxy) is 1. The number of pyridine rings is 1. The van der Waals surface area contributed by atoms with E-state index in [0.717, 1.165) is 49.8 Å². The van der Waals surface area contributed by atoms with Crippen LogP contribution in [0, 0.1) is 12.8 Å². The molecule has 0 aliphatic carbocycles. The first kappa shape index (κ1) is 15.0. The Morgan fingerprint density at radius 1 is 1.32 bits per heavy atom. The van der Waals surface area contributed by atoms with Gasteiger partial charge in [-0.1, -0.05) is 11.6 Å². The molecule has 0 spiro atoms. The highest BCUT2D eigenvalue weighted by Gasteiger charge is 2.22. The van der Waals surface area contributed by atoms with E-state index in [-0.39, 0.29) is 0 Å². The largest absolute Gasteiger partial charge is 0.493 e. The van der Waals surface area contributed by atoms with E-state index in [1.54, 1.807) is 18.7 Å². The zero-order valence-corrected chi connectivity index (χ0v) is 13.3. The summed E-state index contributed by atoms with van der Waals surface area (Å²) in [6, 6.07) is 3.87. The van der Waals surface area contributed by atoms with Crippen LogP contribution in [-0.4, -0.2) is 34.6 Å². The Bertz CT molecular complexity index is 629. The van der Waals surface area contributed by atoms with Crippen molar-refractivity contribution < 1.29 is 4.74 Å². The zero-order valence-electron chi connectivity index (χ0n) is 12.6. The number of hydrogen-bond acceptors (Lipinski definition) is 5. The molecule has 0 amide bonds. The van der Waals surface area contributed by atoms with Crippen LogP contribution >= 0.6 is 11.6 Å². The molecule has 22 heavy (non-hydrogen) atoms. The third kappa shape index (κ3) is 3.65. The Kier molecular flexibility index (Phi) is 4.73. The van der Waals surface area contributed by atoms with Crippen LogP contribution in [0.15, 0.2) is 30.9 Å². The van der Waals surface area contributed by atoms with E-state index in [1.165, 1.54) is 0 Å². The standard InChI is InChI=1S/C16H19ClN4O/c1-12-8-14(2-5-19-12)22-10-13-3-6-21(7-4-13)16-15(17)9-18-11-20-16/h2,5,8-9,11,13H,3-4,6-7,10H2,1H3. The topological polar surface area (TPSA) is 51.1 Å². The second-order valence-electron chi connectivity index (χ2n) is 5.57. The lowest BCUT2D eigenvalue weighted by Gasteiger charge is -2.32. The second kappa shape index (κ2) is 6.92. The smallest absolute Gasteiger partial charge is 0.150 e.